The summed E-state index contributed by atoms with van der Waals surface area (Å²) in [6.45, 7) is 2.08. The molecule has 0 aliphatic rings. The number of hydrogen-bond acceptors (Lipinski definition) is 6. The van der Waals surface area contributed by atoms with Gasteiger partial charge in [0.05, 0.1) is 3.57 Å². The van der Waals surface area contributed by atoms with E-state index < -0.39 is 28.2 Å². The van der Waals surface area contributed by atoms with Crippen molar-refractivity contribution in [2.45, 2.75) is 26.2 Å². The fourth-order valence-electron chi connectivity index (χ4n) is 1.87. The summed E-state index contributed by atoms with van der Waals surface area (Å²) >= 11 is 4.66. The van der Waals surface area contributed by atoms with Gasteiger partial charge in [0.25, 0.3) is 16.7 Å². The minimum atomic E-state index is -0.532. The second kappa shape index (κ2) is 15.3. The highest BCUT2D eigenvalue weighted by atomic mass is 127. The van der Waals surface area contributed by atoms with Gasteiger partial charge in [-0.25, -0.2) is 14.4 Å². The zero-order valence-corrected chi connectivity index (χ0v) is 21.3. The zero-order valence-electron chi connectivity index (χ0n) is 17.6. The van der Waals surface area contributed by atoms with Gasteiger partial charge in [-0.1, -0.05) is 25.2 Å². The number of aromatic amines is 6. The summed E-state index contributed by atoms with van der Waals surface area (Å²) in [4.78, 5) is 79.5. The molecule has 0 spiro atoms. The summed E-state index contributed by atoms with van der Waals surface area (Å²) in [7, 11) is 0. The van der Waals surface area contributed by atoms with Crippen LogP contribution in [0.15, 0.2) is 47.4 Å². The van der Waals surface area contributed by atoms with Crippen LogP contribution in [0.1, 0.15) is 37.3 Å². The topological polar surface area (TPSA) is 197 Å². The standard InChI is InChI=1S/C10H12N2O2.C6H3BrN2O2.C4H3IN2O2/c1-2-3-4-5-6-8-7-11-10(14)12-9(8)13;7-2-1-4-3-8-6(11)9-5(4)10;5-2-1-6-4(9)7-3(2)8/h7H,2-4H2,1H3,(H2,11,12,13,14);3H,(H2,8,9,10,11);1H,(H2,6,7,8,9). The van der Waals surface area contributed by atoms with E-state index in [9.17, 15) is 28.8 Å². The Kier molecular flexibility index (Phi) is 12.7. The molecule has 0 bridgehead atoms. The average Bonchev–Trinajstić information content (AvgIpc) is 2.78. The maximum absolute atomic E-state index is 11.1. The van der Waals surface area contributed by atoms with Gasteiger partial charge in [0.2, 0.25) is 0 Å². The second-order valence-corrected chi connectivity index (χ2v) is 7.57. The Bertz CT molecular complexity index is 1570. The van der Waals surface area contributed by atoms with Crippen LogP contribution in [0, 0.1) is 26.2 Å². The molecule has 34 heavy (non-hydrogen) atoms. The van der Waals surface area contributed by atoms with E-state index in [0.29, 0.717) is 9.13 Å². The van der Waals surface area contributed by atoms with Crippen LogP contribution >= 0.6 is 38.5 Å². The molecule has 0 saturated carbocycles. The molecular weight excluding hydrogens is 627 g/mol. The molecule has 3 rings (SSSR count). The highest BCUT2D eigenvalue weighted by molar-refractivity contribution is 14.1. The summed E-state index contributed by atoms with van der Waals surface area (Å²) < 4.78 is 0.479. The first-order valence-electron chi connectivity index (χ1n) is 9.40. The van der Waals surface area contributed by atoms with E-state index in [1.54, 1.807) is 0 Å². The highest BCUT2D eigenvalue weighted by Crippen LogP contribution is 1.91. The van der Waals surface area contributed by atoms with Crippen molar-refractivity contribution >= 4 is 38.5 Å². The number of nitrogens with one attached hydrogen (secondary N) is 6. The van der Waals surface area contributed by atoms with Gasteiger partial charge in [-0.2, -0.15) is 0 Å². The molecule has 0 unspecified atom stereocenters. The molecule has 0 saturated heterocycles. The first kappa shape index (κ1) is 28.4. The van der Waals surface area contributed by atoms with Gasteiger partial charge in [-0.05, 0) is 39.8 Å². The van der Waals surface area contributed by atoms with Gasteiger partial charge in [-0.3, -0.25) is 29.3 Å². The van der Waals surface area contributed by atoms with E-state index in [1.807, 2.05) is 27.6 Å². The van der Waals surface area contributed by atoms with Gasteiger partial charge < -0.3 is 15.0 Å². The van der Waals surface area contributed by atoms with E-state index in [-0.39, 0.29) is 11.1 Å². The van der Waals surface area contributed by atoms with E-state index in [4.69, 9.17) is 0 Å². The molecule has 0 aliphatic heterocycles. The molecule has 178 valence electrons. The quantitative estimate of drug-likeness (QED) is 0.129. The maximum atomic E-state index is 11.1. The fraction of sp³-hybridized carbons (Fsp3) is 0.200. The van der Waals surface area contributed by atoms with E-state index in [0.717, 1.165) is 19.3 Å². The van der Waals surface area contributed by atoms with E-state index >= 15 is 0 Å². The number of aromatic nitrogens is 6. The number of H-pyrrole nitrogens is 6. The lowest BCUT2D eigenvalue weighted by molar-refractivity contribution is 0.828. The Morgan fingerprint density at radius 2 is 1.24 bits per heavy atom. The molecule has 0 aromatic carbocycles. The number of rotatable bonds is 2. The maximum Gasteiger partial charge on any atom is 0.325 e. The molecular formula is C20H18BrIN6O6. The molecule has 0 aliphatic carbocycles. The Morgan fingerprint density at radius 1 is 0.765 bits per heavy atom. The number of halogens is 2. The van der Waals surface area contributed by atoms with Crippen LogP contribution < -0.4 is 33.7 Å². The largest absolute Gasteiger partial charge is 0.325 e. The van der Waals surface area contributed by atoms with Crippen molar-refractivity contribution in [1.29, 1.82) is 0 Å². The van der Waals surface area contributed by atoms with Gasteiger partial charge >= 0.3 is 17.1 Å². The number of hydrogen-bond donors (Lipinski definition) is 6. The van der Waals surface area contributed by atoms with Crippen LogP contribution in [0.25, 0.3) is 0 Å². The molecule has 0 amide bonds. The molecule has 3 heterocycles. The Balaban J connectivity index is 0.000000262. The van der Waals surface area contributed by atoms with Crippen LogP contribution in [0.2, 0.25) is 0 Å². The summed E-state index contributed by atoms with van der Waals surface area (Å²) in [6, 6.07) is 0. The third kappa shape index (κ3) is 10.8. The lowest BCUT2D eigenvalue weighted by Gasteiger charge is -1.87. The van der Waals surface area contributed by atoms with Crippen LogP contribution in [0.3, 0.4) is 0 Å². The van der Waals surface area contributed by atoms with Gasteiger partial charge in [0.1, 0.15) is 11.1 Å². The van der Waals surface area contributed by atoms with Crippen LogP contribution in [-0.4, -0.2) is 29.9 Å². The monoisotopic (exact) mass is 644 g/mol. The third-order valence-electron chi connectivity index (χ3n) is 3.47. The predicted octanol–water partition coefficient (Wildman–Crippen LogP) is 0.0398. The summed E-state index contributed by atoms with van der Waals surface area (Å²) in [5.41, 5.74) is -2.25. The predicted molar refractivity (Wildman–Crippen MR) is 138 cm³/mol. The van der Waals surface area contributed by atoms with Crippen molar-refractivity contribution < 1.29 is 0 Å². The van der Waals surface area contributed by atoms with Crippen molar-refractivity contribution in [3.05, 3.63) is 95.8 Å². The van der Waals surface area contributed by atoms with Gasteiger partial charge in [0, 0.05) is 40.9 Å². The molecule has 12 nitrogen and oxygen atoms in total. The number of unbranched alkanes of at least 4 members (excludes halogenated alkanes) is 2. The molecule has 3 aromatic rings. The van der Waals surface area contributed by atoms with Gasteiger partial charge in [-0.15, -0.1) is 0 Å². The third-order valence-corrected chi connectivity index (χ3v) is 4.47. The normalized spacial score (nSPS) is 9.03. The van der Waals surface area contributed by atoms with Crippen LogP contribution in [0.5, 0.6) is 0 Å². The lowest BCUT2D eigenvalue weighted by Crippen LogP contribution is -2.23. The summed E-state index contributed by atoms with van der Waals surface area (Å²) in [5.74, 6) is 8.04. The smallest absolute Gasteiger partial charge is 0.313 e. The first-order valence-corrected chi connectivity index (χ1v) is 11.3. The molecule has 6 N–H and O–H groups in total. The Hall–Kier alpha value is -3.63. The first-order chi connectivity index (χ1) is 16.2. The summed E-state index contributed by atoms with van der Waals surface area (Å²) in [5, 5.41) is 0. The minimum Gasteiger partial charge on any atom is -0.313 e. The second-order valence-electron chi connectivity index (χ2n) is 6.02. The lowest BCUT2D eigenvalue weighted by atomic mass is 10.2. The fourth-order valence-corrected chi connectivity index (χ4v) is 2.38. The van der Waals surface area contributed by atoms with Crippen LogP contribution in [-0.2, 0) is 0 Å². The van der Waals surface area contributed by atoms with E-state index in [1.165, 1.54) is 18.6 Å². The summed E-state index contributed by atoms with van der Waals surface area (Å²) in [6.07, 6.45) is 6.83. The highest BCUT2D eigenvalue weighted by Gasteiger charge is 1.94. The van der Waals surface area contributed by atoms with Crippen molar-refractivity contribution in [3.63, 3.8) is 0 Å². The van der Waals surface area contributed by atoms with Crippen molar-refractivity contribution in [2.75, 3.05) is 0 Å². The van der Waals surface area contributed by atoms with Gasteiger partial charge in [0.15, 0.2) is 0 Å². The van der Waals surface area contributed by atoms with Crippen molar-refractivity contribution in [1.82, 2.24) is 29.9 Å². The molecule has 14 heteroatoms. The average molecular weight is 645 g/mol. The zero-order chi connectivity index (χ0) is 25.5. The van der Waals surface area contributed by atoms with Crippen molar-refractivity contribution in [2.24, 2.45) is 0 Å². The Labute approximate surface area is 212 Å². The minimum absolute atomic E-state index is 0.224. The SMILES string of the molecule is CCCCC#Cc1c[nH]c(=O)[nH]c1=O.O=c1[nH]cc(C#CBr)c(=O)[nH]1.O=c1[nH]cc(I)c(=O)[nH]1. The molecule has 0 radical (unpaired) electrons. The van der Waals surface area contributed by atoms with Crippen molar-refractivity contribution in [3.8, 4) is 22.6 Å². The van der Waals surface area contributed by atoms with E-state index in [2.05, 4.69) is 70.4 Å². The molecule has 3 aromatic heterocycles. The Morgan fingerprint density at radius 3 is 1.65 bits per heavy atom. The molecule has 0 atom stereocenters. The molecule has 0 fully saturated rings. The van der Waals surface area contributed by atoms with Crippen LogP contribution in [0.4, 0.5) is 0 Å².